The maximum atomic E-state index is 13.2. The van der Waals surface area contributed by atoms with Gasteiger partial charge in [0.25, 0.3) is 11.8 Å². The number of benzene rings is 4. The number of hydrogen-bond acceptors (Lipinski definition) is 5. The van der Waals surface area contributed by atoms with Crippen molar-refractivity contribution in [1.82, 2.24) is 10.7 Å². The summed E-state index contributed by atoms with van der Waals surface area (Å²) >= 11 is 18.4. The minimum absolute atomic E-state index is 0.236. The zero-order valence-electron chi connectivity index (χ0n) is 22.6. The maximum Gasteiger partial charge on any atom is 0.262 e. The summed E-state index contributed by atoms with van der Waals surface area (Å²) in [5.74, 6) is -0.141. The lowest BCUT2D eigenvalue weighted by Crippen LogP contribution is -2.50. The van der Waals surface area contributed by atoms with E-state index in [9.17, 15) is 9.59 Å². The van der Waals surface area contributed by atoms with E-state index in [0.717, 1.165) is 11.1 Å². The van der Waals surface area contributed by atoms with Crippen LogP contribution in [0.25, 0.3) is 0 Å². The Bertz CT molecular complexity index is 1550. The van der Waals surface area contributed by atoms with Crippen molar-refractivity contribution < 1.29 is 19.1 Å². The predicted octanol–water partition coefficient (Wildman–Crippen LogP) is 6.87. The Labute approximate surface area is 259 Å². The standard InChI is InChI=1S/C32H28Cl3N3O4/c1-21(42-30-16-15-25(33)18-27(30)35)31(39)37-28(17-22-9-3-2-4-10-22)32(40)38-36-19-23-11-6-8-14-29(23)41-20-24-12-5-7-13-26(24)34/h2-16,18-19,21,28H,17,20H2,1H3,(H,37,39)(H,38,40)/b36-19-/t21-,28-/m1/s1. The van der Waals surface area contributed by atoms with E-state index < -0.39 is 24.0 Å². The lowest BCUT2D eigenvalue weighted by Gasteiger charge is -2.21. The Morgan fingerprint density at radius 2 is 1.55 bits per heavy atom. The number of halogens is 3. The molecule has 2 amide bonds. The number of carbonyl (C=O) groups is 2. The molecule has 4 aromatic rings. The third-order valence-electron chi connectivity index (χ3n) is 6.12. The third kappa shape index (κ3) is 8.98. The van der Waals surface area contributed by atoms with Gasteiger partial charge in [-0.3, -0.25) is 9.59 Å². The number of rotatable bonds is 12. The van der Waals surface area contributed by atoms with Crippen molar-refractivity contribution in [3.05, 3.63) is 129 Å². The second-order valence-corrected chi connectivity index (χ2v) is 10.5. The van der Waals surface area contributed by atoms with Crippen molar-refractivity contribution in [1.29, 1.82) is 0 Å². The Morgan fingerprint density at radius 1 is 0.833 bits per heavy atom. The van der Waals surface area contributed by atoms with E-state index in [4.69, 9.17) is 44.3 Å². The molecule has 0 heterocycles. The van der Waals surface area contributed by atoms with Crippen molar-refractivity contribution in [3.8, 4) is 11.5 Å². The van der Waals surface area contributed by atoms with E-state index in [0.29, 0.717) is 27.1 Å². The molecule has 0 radical (unpaired) electrons. The highest BCUT2D eigenvalue weighted by atomic mass is 35.5. The van der Waals surface area contributed by atoms with Gasteiger partial charge < -0.3 is 14.8 Å². The van der Waals surface area contributed by atoms with Gasteiger partial charge in [-0.25, -0.2) is 5.43 Å². The minimum atomic E-state index is -0.944. The number of hydrogen-bond donors (Lipinski definition) is 2. The van der Waals surface area contributed by atoms with Crippen molar-refractivity contribution in [3.63, 3.8) is 0 Å². The van der Waals surface area contributed by atoms with Gasteiger partial charge in [0.2, 0.25) is 0 Å². The molecule has 0 aliphatic rings. The Morgan fingerprint density at radius 3 is 2.31 bits per heavy atom. The largest absolute Gasteiger partial charge is 0.488 e. The van der Waals surface area contributed by atoms with Crippen molar-refractivity contribution in [2.45, 2.75) is 32.1 Å². The van der Waals surface area contributed by atoms with E-state index in [1.54, 1.807) is 31.2 Å². The van der Waals surface area contributed by atoms with E-state index in [-0.39, 0.29) is 18.1 Å². The van der Waals surface area contributed by atoms with Crippen LogP contribution in [0.2, 0.25) is 15.1 Å². The molecular formula is C32H28Cl3N3O4. The molecule has 0 spiro atoms. The van der Waals surface area contributed by atoms with Gasteiger partial charge in [0.15, 0.2) is 6.10 Å². The predicted molar refractivity (Wildman–Crippen MR) is 167 cm³/mol. The highest BCUT2D eigenvalue weighted by Crippen LogP contribution is 2.28. The average molecular weight is 625 g/mol. The van der Waals surface area contributed by atoms with Crippen LogP contribution in [0.3, 0.4) is 0 Å². The monoisotopic (exact) mass is 623 g/mol. The first-order chi connectivity index (χ1) is 20.3. The van der Waals surface area contributed by atoms with E-state index in [2.05, 4.69) is 15.8 Å². The van der Waals surface area contributed by atoms with Crippen LogP contribution in [0.4, 0.5) is 0 Å². The highest BCUT2D eigenvalue weighted by molar-refractivity contribution is 6.35. The van der Waals surface area contributed by atoms with Crippen LogP contribution in [0.5, 0.6) is 11.5 Å². The maximum absolute atomic E-state index is 13.2. The van der Waals surface area contributed by atoms with Gasteiger partial charge in [0.05, 0.1) is 11.2 Å². The summed E-state index contributed by atoms with van der Waals surface area (Å²) in [6.07, 6.45) is 0.774. The lowest BCUT2D eigenvalue weighted by atomic mass is 10.1. The fourth-order valence-electron chi connectivity index (χ4n) is 3.90. The second kappa shape index (κ2) is 15.3. The molecule has 0 saturated carbocycles. The number of amides is 2. The molecule has 0 aromatic heterocycles. The van der Waals surface area contributed by atoms with Gasteiger partial charge in [0, 0.05) is 27.6 Å². The summed E-state index contributed by atoms with van der Waals surface area (Å²) in [7, 11) is 0. The highest BCUT2D eigenvalue weighted by Gasteiger charge is 2.25. The van der Waals surface area contributed by atoms with Crippen LogP contribution in [0.15, 0.2) is 102 Å². The molecule has 4 aromatic carbocycles. The third-order valence-corrected chi connectivity index (χ3v) is 7.02. The smallest absolute Gasteiger partial charge is 0.262 e. The van der Waals surface area contributed by atoms with E-state index in [1.165, 1.54) is 12.3 Å². The SMILES string of the molecule is C[C@@H](Oc1ccc(Cl)cc1Cl)C(=O)N[C@H](Cc1ccccc1)C(=O)N/N=C\c1ccccc1OCc1ccccc1Cl. The fourth-order valence-corrected chi connectivity index (χ4v) is 4.54. The second-order valence-electron chi connectivity index (χ2n) is 9.24. The minimum Gasteiger partial charge on any atom is -0.488 e. The number of ether oxygens (including phenoxy) is 2. The summed E-state index contributed by atoms with van der Waals surface area (Å²) in [5.41, 5.74) is 4.88. The molecule has 2 N–H and O–H groups in total. The topological polar surface area (TPSA) is 89.0 Å². The molecule has 0 fully saturated rings. The number of carbonyl (C=O) groups excluding carboxylic acids is 2. The molecule has 0 unspecified atom stereocenters. The van der Waals surface area contributed by atoms with Crippen molar-refractivity contribution in [2.75, 3.05) is 0 Å². The van der Waals surface area contributed by atoms with Gasteiger partial charge in [-0.05, 0) is 48.9 Å². The number of hydrazone groups is 1. The summed E-state index contributed by atoms with van der Waals surface area (Å²) < 4.78 is 11.7. The van der Waals surface area contributed by atoms with Crippen LogP contribution in [-0.4, -0.2) is 30.2 Å². The molecule has 0 aliphatic heterocycles. The Hall–Kier alpha value is -4.04. The van der Waals surface area contributed by atoms with Crippen LogP contribution in [0, 0.1) is 0 Å². The van der Waals surface area contributed by atoms with E-state index in [1.807, 2.05) is 66.7 Å². The van der Waals surface area contributed by atoms with Crippen LogP contribution in [-0.2, 0) is 22.6 Å². The number of para-hydroxylation sites is 1. The molecule has 10 heteroatoms. The zero-order chi connectivity index (χ0) is 29.9. The first kappa shape index (κ1) is 30.9. The molecule has 42 heavy (non-hydrogen) atoms. The quantitative estimate of drug-likeness (QED) is 0.133. The van der Waals surface area contributed by atoms with Crippen LogP contribution >= 0.6 is 34.8 Å². The van der Waals surface area contributed by atoms with Gasteiger partial charge in [-0.15, -0.1) is 0 Å². The Balaban J connectivity index is 1.42. The molecule has 2 atom stereocenters. The molecule has 216 valence electrons. The average Bonchev–Trinajstić information content (AvgIpc) is 2.98. The van der Waals surface area contributed by atoms with Crippen molar-refractivity contribution >= 4 is 52.8 Å². The van der Waals surface area contributed by atoms with Gasteiger partial charge in [-0.2, -0.15) is 5.10 Å². The first-order valence-electron chi connectivity index (χ1n) is 13.0. The van der Waals surface area contributed by atoms with Crippen LogP contribution in [0.1, 0.15) is 23.6 Å². The summed E-state index contributed by atoms with van der Waals surface area (Å²) in [6.45, 7) is 1.83. The molecule has 0 saturated heterocycles. The summed E-state index contributed by atoms with van der Waals surface area (Å²) in [4.78, 5) is 26.3. The molecule has 7 nitrogen and oxygen atoms in total. The van der Waals surface area contributed by atoms with E-state index >= 15 is 0 Å². The first-order valence-corrected chi connectivity index (χ1v) is 14.2. The lowest BCUT2D eigenvalue weighted by molar-refractivity contribution is -0.132. The molecule has 0 aliphatic carbocycles. The van der Waals surface area contributed by atoms with Gasteiger partial charge in [-0.1, -0.05) is 95.5 Å². The number of nitrogens with zero attached hydrogens (tertiary/aromatic N) is 1. The normalized spacial score (nSPS) is 12.4. The summed E-state index contributed by atoms with van der Waals surface area (Å²) in [5, 5.41) is 8.22. The molecule has 0 bridgehead atoms. The fraction of sp³-hybridized carbons (Fsp3) is 0.156. The molecular weight excluding hydrogens is 597 g/mol. The number of nitrogens with one attached hydrogen (secondary N) is 2. The summed E-state index contributed by atoms with van der Waals surface area (Å²) in [6, 6.07) is 27.8. The zero-order valence-corrected chi connectivity index (χ0v) is 24.9. The van der Waals surface area contributed by atoms with Gasteiger partial charge >= 0.3 is 0 Å². The van der Waals surface area contributed by atoms with Gasteiger partial charge in [0.1, 0.15) is 24.1 Å². The Kier molecular flexibility index (Phi) is 11.2. The molecule has 4 rings (SSSR count). The van der Waals surface area contributed by atoms with Crippen LogP contribution < -0.4 is 20.2 Å². The van der Waals surface area contributed by atoms with Crippen molar-refractivity contribution in [2.24, 2.45) is 5.10 Å².